The largest absolute Gasteiger partial charge is 0.497 e. The van der Waals surface area contributed by atoms with Gasteiger partial charge in [0, 0.05) is 18.9 Å². The molecule has 1 saturated heterocycles. The van der Waals surface area contributed by atoms with Crippen LogP contribution in [0.25, 0.3) is 0 Å². The number of hydrogen-bond acceptors (Lipinski definition) is 5. The van der Waals surface area contributed by atoms with Gasteiger partial charge in [0.05, 0.1) is 24.9 Å². The van der Waals surface area contributed by atoms with Crippen LogP contribution in [0, 0.1) is 0 Å². The molecule has 0 aliphatic carbocycles. The Hall–Kier alpha value is -1.95. The molecular weight excluding hydrogens is 272 g/mol. The summed E-state index contributed by atoms with van der Waals surface area (Å²) in [7, 11) is 1.58. The number of benzene rings is 1. The topological polar surface area (TPSA) is 86.3 Å². The number of methoxy groups -OCH3 is 1. The minimum atomic E-state index is 0.0146. The zero-order valence-corrected chi connectivity index (χ0v) is 12.6. The van der Waals surface area contributed by atoms with Crippen molar-refractivity contribution < 1.29 is 19.4 Å². The Balaban J connectivity index is 2.24. The maximum absolute atomic E-state index is 8.89. The first-order valence-electron chi connectivity index (χ1n) is 7.01. The second-order valence-electron chi connectivity index (χ2n) is 5.32. The third-order valence-corrected chi connectivity index (χ3v) is 3.52. The number of hydrogen-bond donors (Lipinski definition) is 2. The average Bonchev–Trinajstić information content (AvgIpc) is 2.45. The van der Waals surface area contributed by atoms with Crippen molar-refractivity contribution in [1.82, 2.24) is 0 Å². The predicted octanol–water partition coefficient (Wildman–Crippen LogP) is 2.12. The first kappa shape index (κ1) is 15.4. The van der Waals surface area contributed by atoms with Gasteiger partial charge in [0.2, 0.25) is 0 Å². The highest BCUT2D eigenvalue weighted by atomic mass is 16.5. The summed E-state index contributed by atoms with van der Waals surface area (Å²) >= 11 is 0. The molecule has 0 bridgehead atoms. The molecule has 1 aromatic carbocycles. The smallest absolute Gasteiger partial charge is 0.173 e. The molecule has 1 heterocycles. The SMILES string of the molecule is COc1ccc(/C(N)=N/O)c(OC2CC(C)OC(C)C2)c1. The predicted molar refractivity (Wildman–Crippen MR) is 79.2 cm³/mol. The molecule has 0 spiro atoms. The van der Waals surface area contributed by atoms with Gasteiger partial charge in [-0.2, -0.15) is 0 Å². The average molecular weight is 294 g/mol. The molecule has 2 rings (SSSR count). The van der Waals surface area contributed by atoms with E-state index in [0.717, 1.165) is 12.8 Å². The molecular formula is C15H22N2O4. The van der Waals surface area contributed by atoms with E-state index in [2.05, 4.69) is 5.16 Å². The number of amidine groups is 1. The van der Waals surface area contributed by atoms with Gasteiger partial charge in [-0.05, 0) is 26.0 Å². The van der Waals surface area contributed by atoms with E-state index in [9.17, 15) is 0 Å². The van der Waals surface area contributed by atoms with Crippen LogP contribution in [0.3, 0.4) is 0 Å². The van der Waals surface area contributed by atoms with E-state index >= 15 is 0 Å². The van der Waals surface area contributed by atoms with Crippen LogP contribution in [0.5, 0.6) is 11.5 Å². The number of oxime groups is 1. The molecule has 1 fully saturated rings. The Morgan fingerprint density at radius 3 is 2.57 bits per heavy atom. The van der Waals surface area contributed by atoms with E-state index < -0.39 is 0 Å². The van der Waals surface area contributed by atoms with Gasteiger partial charge in [-0.3, -0.25) is 0 Å². The normalized spacial score (nSPS) is 26.4. The number of rotatable bonds is 4. The van der Waals surface area contributed by atoms with Crippen LogP contribution in [0.15, 0.2) is 23.4 Å². The zero-order valence-electron chi connectivity index (χ0n) is 12.6. The third kappa shape index (κ3) is 3.78. The van der Waals surface area contributed by atoms with Crippen molar-refractivity contribution in [2.45, 2.75) is 45.0 Å². The summed E-state index contributed by atoms with van der Waals surface area (Å²) < 4.78 is 17.0. The van der Waals surface area contributed by atoms with Gasteiger partial charge in [-0.1, -0.05) is 5.16 Å². The Morgan fingerprint density at radius 1 is 1.33 bits per heavy atom. The quantitative estimate of drug-likeness (QED) is 0.384. The number of nitrogens with two attached hydrogens (primary N) is 1. The van der Waals surface area contributed by atoms with Crippen molar-refractivity contribution in [2.24, 2.45) is 10.9 Å². The molecule has 1 aliphatic rings. The number of ether oxygens (including phenoxy) is 3. The van der Waals surface area contributed by atoms with E-state index in [1.54, 1.807) is 25.3 Å². The van der Waals surface area contributed by atoms with Crippen molar-refractivity contribution in [3.8, 4) is 11.5 Å². The van der Waals surface area contributed by atoms with Crippen LogP contribution in [-0.2, 0) is 4.74 Å². The fraction of sp³-hybridized carbons (Fsp3) is 0.533. The fourth-order valence-electron chi connectivity index (χ4n) is 2.61. The van der Waals surface area contributed by atoms with Crippen LogP contribution < -0.4 is 15.2 Å². The lowest BCUT2D eigenvalue weighted by molar-refractivity contribution is -0.0722. The van der Waals surface area contributed by atoms with Crippen molar-refractivity contribution in [3.63, 3.8) is 0 Å². The highest BCUT2D eigenvalue weighted by Gasteiger charge is 2.26. The summed E-state index contributed by atoms with van der Waals surface area (Å²) in [6.45, 7) is 4.06. The van der Waals surface area contributed by atoms with Crippen LogP contribution in [0.1, 0.15) is 32.3 Å². The van der Waals surface area contributed by atoms with E-state index in [0.29, 0.717) is 17.1 Å². The highest BCUT2D eigenvalue weighted by Crippen LogP contribution is 2.29. The Morgan fingerprint density at radius 2 is 2.00 bits per heavy atom. The molecule has 2 atom stereocenters. The lowest BCUT2D eigenvalue weighted by Gasteiger charge is -2.32. The lowest BCUT2D eigenvalue weighted by Crippen LogP contribution is -2.36. The molecule has 0 amide bonds. The summed E-state index contributed by atoms with van der Waals surface area (Å²) in [5, 5.41) is 11.9. The second-order valence-corrected chi connectivity index (χ2v) is 5.32. The molecule has 0 radical (unpaired) electrons. The van der Waals surface area contributed by atoms with Gasteiger partial charge in [-0.15, -0.1) is 0 Å². The molecule has 2 unspecified atom stereocenters. The minimum absolute atomic E-state index is 0.0146. The Labute approximate surface area is 124 Å². The molecule has 1 aromatic rings. The summed E-state index contributed by atoms with van der Waals surface area (Å²) in [5.74, 6) is 1.23. The third-order valence-electron chi connectivity index (χ3n) is 3.52. The van der Waals surface area contributed by atoms with Crippen molar-refractivity contribution >= 4 is 5.84 Å². The summed E-state index contributed by atoms with van der Waals surface area (Å²) in [5.41, 5.74) is 6.25. The molecule has 3 N–H and O–H groups in total. The monoisotopic (exact) mass is 294 g/mol. The van der Waals surface area contributed by atoms with Gasteiger partial charge in [0.1, 0.15) is 17.6 Å². The first-order valence-corrected chi connectivity index (χ1v) is 7.01. The zero-order chi connectivity index (χ0) is 15.4. The molecule has 21 heavy (non-hydrogen) atoms. The molecule has 116 valence electrons. The van der Waals surface area contributed by atoms with Gasteiger partial charge >= 0.3 is 0 Å². The minimum Gasteiger partial charge on any atom is -0.497 e. The van der Waals surface area contributed by atoms with Crippen molar-refractivity contribution in [2.75, 3.05) is 7.11 Å². The molecule has 6 nitrogen and oxygen atoms in total. The summed E-state index contributed by atoms with van der Waals surface area (Å²) in [6.07, 6.45) is 1.93. The van der Waals surface area contributed by atoms with Crippen molar-refractivity contribution in [1.29, 1.82) is 0 Å². The van der Waals surface area contributed by atoms with E-state index in [1.807, 2.05) is 13.8 Å². The van der Waals surface area contributed by atoms with Crippen LogP contribution in [0.2, 0.25) is 0 Å². The number of nitrogens with zero attached hydrogens (tertiary/aromatic N) is 1. The van der Waals surface area contributed by atoms with Gasteiger partial charge in [0.15, 0.2) is 5.84 Å². The Kier molecular flexibility index (Phi) is 4.90. The molecule has 0 aromatic heterocycles. The summed E-state index contributed by atoms with van der Waals surface area (Å²) in [6, 6.07) is 5.21. The Bertz CT molecular complexity index is 508. The van der Waals surface area contributed by atoms with E-state index in [-0.39, 0.29) is 24.1 Å². The molecule has 1 aliphatic heterocycles. The van der Waals surface area contributed by atoms with Gasteiger partial charge in [0.25, 0.3) is 0 Å². The van der Waals surface area contributed by atoms with Crippen molar-refractivity contribution in [3.05, 3.63) is 23.8 Å². The van der Waals surface area contributed by atoms with Crippen LogP contribution in [0.4, 0.5) is 0 Å². The van der Waals surface area contributed by atoms with Gasteiger partial charge < -0.3 is 25.2 Å². The summed E-state index contributed by atoms with van der Waals surface area (Å²) in [4.78, 5) is 0. The molecule has 0 saturated carbocycles. The maximum atomic E-state index is 8.89. The lowest BCUT2D eigenvalue weighted by atomic mass is 10.0. The maximum Gasteiger partial charge on any atom is 0.173 e. The molecule has 6 heteroatoms. The highest BCUT2D eigenvalue weighted by molar-refractivity contribution is 5.99. The van der Waals surface area contributed by atoms with Gasteiger partial charge in [-0.25, -0.2) is 0 Å². The van der Waals surface area contributed by atoms with Crippen LogP contribution in [-0.4, -0.2) is 36.5 Å². The van der Waals surface area contributed by atoms with E-state index in [1.165, 1.54) is 0 Å². The second kappa shape index (κ2) is 6.67. The first-order chi connectivity index (χ1) is 10.0. The van der Waals surface area contributed by atoms with Crippen LogP contribution >= 0.6 is 0 Å². The standard InChI is InChI=1S/C15H22N2O4/c1-9-6-12(7-10(2)20-9)21-14-8-11(19-3)4-5-13(14)15(16)17-18/h4-5,8-10,12,18H,6-7H2,1-3H3,(H2,16,17). The van der Waals surface area contributed by atoms with E-state index in [4.69, 9.17) is 25.2 Å². The fourth-order valence-corrected chi connectivity index (χ4v) is 2.61.